The van der Waals surface area contributed by atoms with Crippen molar-refractivity contribution in [1.82, 2.24) is 24.2 Å². The van der Waals surface area contributed by atoms with E-state index in [0.717, 1.165) is 11.1 Å². The topological polar surface area (TPSA) is 89.8 Å². The van der Waals surface area contributed by atoms with E-state index in [2.05, 4.69) is 20.3 Å². The number of rotatable bonds is 6. The van der Waals surface area contributed by atoms with Crippen LogP contribution in [0, 0.1) is 0 Å². The van der Waals surface area contributed by atoms with Gasteiger partial charge in [-0.3, -0.25) is 9.97 Å². The molecule has 0 aliphatic heterocycles. The van der Waals surface area contributed by atoms with Crippen molar-refractivity contribution >= 4 is 21.6 Å². The molecule has 0 aliphatic carbocycles. The average Bonchev–Trinajstić information content (AvgIpc) is 3.20. The van der Waals surface area contributed by atoms with Crippen LogP contribution in [0.2, 0.25) is 5.15 Å². The van der Waals surface area contributed by atoms with Crippen LogP contribution in [0.15, 0.2) is 78.3 Å². The van der Waals surface area contributed by atoms with Crippen molar-refractivity contribution in [2.24, 2.45) is 0 Å². The summed E-state index contributed by atoms with van der Waals surface area (Å²) in [5.74, 6) is 0. The molecule has 0 atom stereocenters. The van der Waals surface area contributed by atoms with Crippen LogP contribution in [0.1, 0.15) is 5.56 Å². The Balaban J connectivity index is 1.78. The first-order chi connectivity index (χ1) is 14.5. The maximum atomic E-state index is 13.2. The van der Waals surface area contributed by atoms with Gasteiger partial charge in [-0.1, -0.05) is 11.6 Å². The molecule has 4 aromatic heterocycles. The van der Waals surface area contributed by atoms with Crippen molar-refractivity contribution in [3.63, 3.8) is 0 Å². The molecule has 0 radical (unpaired) electrons. The molecule has 0 saturated carbocycles. The van der Waals surface area contributed by atoms with Gasteiger partial charge in [-0.2, -0.15) is 0 Å². The number of halogens is 1. The van der Waals surface area contributed by atoms with Gasteiger partial charge >= 0.3 is 0 Å². The second-order valence-electron chi connectivity index (χ2n) is 6.56. The summed E-state index contributed by atoms with van der Waals surface area (Å²) in [7, 11) is -2.00. The van der Waals surface area contributed by atoms with Gasteiger partial charge in [-0.15, -0.1) is 0 Å². The van der Waals surface area contributed by atoms with Crippen LogP contribution in [0.4, 0.5) is 0 Å². The molecule has 152 valence electrons. The smallest absolute Gasteiger partial charge is 0.269 e. The van der Waals surface area contributed by atoms with Gasteiger partial charge in [0.15, 0.2) is 0 Å². The van der Waals surface area contributed by atoms with Crippen LogP contribution in [0.25, 0.3) is 22.5 Å². The van der Waals surface area contributed by atoms with Crippen LogP contribution in [0.3, 0.4) is 0 Å². The number of nitrogens with one attached hydrogen (secondary N) is 1. The zero-order valence-electron chi connectivity index (χ0n) is 16.0. The van der Waals surface area contributed by atoms with Crippen molar-refractivity contribution in [2.45, 2.75) is 11.4 Å². The molecule has 4 aromatic rings. The van der Waals surface area contributed by atoms with Gasteiger partial charge in [-0.25, -0.2) is 17.4 Å². The van der Waals surface area contributed by atoms with Gasteiger partial charge in [0.2, 0.25) is 0 Å². The van der Waals surface area contributed by atoms with E-state index in [1.807, 2.05) is 31.3 Å². The molecule has 0 saturated heterocycles. The summed E-state index contributed by atoms with van der Waals surface area (Å²) in [6, 6.07) is 12.2. The summed E-state index contributed by atoms with van der Waals surface area (Å²) in [4.78, 5) is 12.6. The lowest BCUT2D eigenvalue weighted by Gasteiger charge is -2.10. The van der Waals surface area contributed by atoms with Gasteiger partial charge in [0, 0.05) is 48.7 Å². The van der Waals surface area contributed by atoms with E-state index < -0.39 is 10.0 Å². The molecule has 0 amide bonds. The van der Waals surface area contributed by atoms with Crippen molar-refractivity contribution in [2.75, 3.05) is 7.05 Å². The van der Waals surface area contributed by atoms with E-state index in [0.29, 0.717) is 28.6 Å². The van der Waals surface area contributed by atoms with Crippen molar-refractivity contribution in [3.8, 4) is 22.5 Å². The molecule has 1 N–H and O–H groups in total. The predicted molar refractivity (Wildman–Crippen MR) is 115 cm³/mol. The summed E-state index contributed by atoms with van der Waals surface area (Å²) >= 11 is 5.84. The fourth-order valence-electron chi connectivity index (χ4n) is 3.06. The summed E-state index contributed by atoms with van der Waals surface area (Å²) in [6.07, 6.45) is 7.79. The van der Waals surface area contributed by atoms with Crippen LogP contribution < -0.4 is 5.32 Å². The predicted octanol–water partition coefficient (Wildman–Crippen LogP) is 3.62. The highest BCUT2D eigenvalue weighted by Crippen LogP contribution is 2.28. The van der Waals surface area contributed by atoms with E-state index in [1.165, 1.54) is 22.4 Å². The maximum Gasteiger partial charge on any atom is 0.269 e. The van der Waals surface area contributed by atoms with E-state index in [9.17, 15) is 8.42 Å². The number of aromatic nitrogens is 4. The third kappa shape index (κ3) is 3.97. The Morgan fingerprint density at radius 2 is 1.83 bits per heavy atom. The molecule has 0 unspecified atom stereocenters. The van der Waals surface area contributed by atoms with E-state index in [-0.39, 0.29) is 4.90 Å². The fraction of sp³-hybridized carbons (Fsp3) is 0.0952. The number of hydrogen-bond donors (Lipinski definition) is 1. The molecule has 0 bridgehead atoms. The minimum Gasteiger partial charge on any atom is -0.316 e. The van der Waals surface area contributed by atoms with Crippen molar-refractivity contribution in [3.05, 3.63) is 84.2 Å². The minimum atomic E-state index is -3.81. The summed E-state index contributed by atoms with van der Waals surface area (Å²) < 4.78 is 27.7. The lowest BCUT2D eigenvalue weighted by atomic mass is 10.1. The van der Waals surface area contributed by atoms with Crippen molar-refractivity contribution < 1.29 is 8.42 Å². The molecule has 4 heterocycles. The van der Waals surface area contributed by atoms with E-state index in [1.54, 1.807) is 30.7 Å². The Hall–Kier alpha value is -3.07. The molecular weight excluding hydrogens is 422 g/mol. The Kier molecular flexibility index (Phi) is 5.63. The largest absolute Gasteiger partial charge is 0.316 e. The monoisotopic (exact) mass is 439 g/mol. The normalized spacial score (nSPS) is 11.5. The lowest BCUT2D eigenvalue weighted by molar-refractivity contribution is 0.587. The first kappa shape index (κ1) is 20.2. The molecule has 0 aromatic carbocycles. The summed E-state index contributed by atoms with van der Waals surface area (Å²) in [5, 5.41) is 3.46. The molecule has 0 aliphatic rings. The second-order valence-corrected chi connectivity index (χ2v) is 8.76. The highest BCUT2D eigenvalue weighted by Gasteiger charge is 2.22. The zero-order valence-corrected chi connectivity index (χ0v) is 17.6. The minimum absolute atomic E-state index is 0.120. The van der Waals surface area contributed by atoms with Crippen LogP contribution in [-0.4, -0.2) is 34.4 Å². The summed E-state index contributed by atoms with van der Waals surface area (Å²) in [5.41, 5.74) is 3.57. The Bertz CT molecular complexity index is 1260. The Morgan fingerprint density at radius 1 is 1.03 bits per heavy atom. The van der Waals surface area contributed by atoms with Gasteiger partial charge in [-0.05, 0) is 55.1 Å². The lowest BCUT2D eigenvalue weighted by Crippen LogP contribution is -2.13. The quantitative estimate of drug-likeness (QED) is 0.461. The molecule has 0 fully saturated rings. The maximum absolute atomic E-state index is 13.2. The second kappa shape index (κ2) is 8.35. The van der Waals surface area contributed by atoms with Crippen LogP contribution in [0.5, 0.6) is 0 Å². The molecule has 7 nitrogen and oxygen atoms in total. The third-order valence-electron chi connectivity index (χ3n) is 4.50. The van der Waals surface area contributed by atoms with Gasteiger partial charge < -0.3 is 5.32 Å². The van der Waals surface area contributed by atoms with Crippen LogP contribution >= 0.6 is 11.6 Å². The standard InChI is InChI=1S/C21H18ClN5O2S/c1-23-10-15-9-20(27(14-15)30(28,29)18-3-2-8-24-13-18)17-4-6-19(25-12-17)16-5-7-21(22)26-11-16/h2-9,11-14,23H,10H2,1H3. The van der Waals surface area contributed by atoms with E-state index >= 15 is 0 Å². The number of hydrogen-bond acceptors (Lipinski definition) is 6. The molecule has 0 spiro atoms. The Labute approximate surface area is 179 Å². The first-order valence-corrected chi connectivity index (χ1v) is 10.9. The highest BCUT2D eigenvalue weighted by atomic mass is 35.5. The van der Waals surface area contributed by atoms with Gasteiger partial charge in [0.1, 0.15) is 10.0 Å². The average molecular weight is 440 g/mol. The number of nitrogens with zero attached hydrogens (tertiary/aromatic N) is 4. The molecule has 30 heavy (non-hydrogen) atoms. The fourth-order valence-corrected chi connectivity index (χ4v) is 4.54. The molecular formula is C21H18ClN5O2S. The highest BCUT2D eigenvalue weighted by molar-refractivity contribution is 7.90. The van der Waals surface area contributed by atoms with Gasteiger partial charge in [0.05, 0.1) is 11.4 Å². The van der Waals surface area contributed by atoms with Crippen LogP contribution in [-0.2, 0) is 16.6 Å². The molecule has 4 rings (SSSR count). The number of pyridine rings is 3. The Morgan fingerprint density at radius 3 is 2.47 bits per heavy atom. The third-order valence-corrected chi connectivity index (χ3v) is 6.38. The van der Waals surface area contributed by atoms with Gasteiger partial charge in [0.25, 0.3) is 10.0 Å². The first-order valence-electron chi connectivity index (χ1n) is 9.09. The SMILES string of the molecule is CNCc1cc(-c2ccc(-c3ccc(Cl)nc3)nc2)n(S(=O)(=O)c2cccnc2)c1. The van der Waals surface area contributed by atoms with Crippen molar-refractivity contribution in [1.29, 1.82) is 0 Å². The molecule has 9 heteroatoms. The summed E-state index contributed by atoms with van der Waals surface area (Å²) in [6.45, 7) is 0.532. The van der Waals surface area contributed by atoms with E-state index in [4.69, 9.17) is 11.6 Å². The zero-order chi connectivity index (χ0) is 21.1.